The fraction of sp³-hybridized carbons (Fsp3) is 0.800. The van der Waals surface area contributed by atoms with E-state index in [0.29, 0.717) is 17.3 Å². The van der Waals surface area contributed by atoms with E-state index in [1.807, 2.05) is 0 Å². The summed E-state index contributed by atoms with van der Waals surface area (Å²) in [4.78, 5) is 4.39. The minimum atomic E-state index is 0.361. The molecule has 0 aromatic carbocycles. The number of hydrogen-bond donors (Lipinski definition) is 0. The van der Waals surface area contributed by atoms with Gasteiger partial charge in [0.05, 0.1) is 0 Å². The molecule has 3 nitrogen and oxygen atoms in total. The Bertz CT molecular complexity index is 314. The first-order chi connectivity index (χ1) is 6.00. The van der Waals surface area contributed by atoms with Crippen LogP contribution < -0.4 is 0 Å². The molecule has 0 aliphatic heterocycles. The molecule has 0 spiro atoms. The maximum absolute atomic E-state index is 5.22. The zero-order chi connectivity index (χ0) is 9.64. The molecule has 0 bridgehead atoms. The molecular formula is C10H16N2O. The molecule has 1 aliphatic rings. The van der Waals surface area contributed by atoms with Crippen LogP contribution in [0.1, 0.15) is 57.7 Å². The molecule has 0 N–H and O–H groups in total. The van der Waals surface area contributed by atoms with E-state index in [4.69, 9.17) is 4.52 Å². The predicted octanol–water partition coefficient (Wildman–Crippen LogP) is 2.71. The van der Waals surface area contributed by atoms with Gasteiger partial charge in [0.25, 0.3) is 0 Å². The van der Waals surface area contributed by atoms with Gasteiger partial charge in [0.2, 0.25) is 5.89 Å². The molecule has 1 saturated carbocycles. The molecule has 1 aliphatic carbocycles. The summed E-state index contributed by atoms with van der Waals surface area (Å²) in [5, 5.41) is 3.96. The van der Waals surface area contributed by atoms with Crippen LogP contribution in [0.25, 0.3) is 0 Å². The van der Waals surface area contributed by atoms with Crippen LogP contribution in [0.4, 0.5) is 0 Å². The lowest BCUT2D eigenvalue weighted by Gasteiger charge is -1.96. The SMILES string of the molecule is CC(C)c1noc(C2CC2(C)C)n1. The van der Waals surface area contributed by atoms with Crippen molar-refractivity contribution in [1.82, 2.24) is 10.1 Å². The van der Waals surface area contributed by atoms with Gasteiger partial charge in [-0.3, -0.25) is 0 Å². The van der Waals surface area contributed by atoms with Crippen LogP contribution in [0.2, 0.25) is 0 Å². The number of hydrogen-bond acceptors (Lipinski definition) is 3. The first-order valence-corrected chi connectivity index (χ1v) is 4.84. The van der Waals surface area contributed by atoms with E-state index in [1.165, 1.54) is 6.42 Å². The van der Waals surface area contributed by atoms with Crippen LogP contribution in [-0.2, 0) is 0 Å². The average Bonchev–Trinajstić information content (AvgIpc) is 2.50. The van der Waals surface area contributed by atoms with Gasteiger partial charge in [0, 0.05) is 11.8 Å². The third-order valence-corrected chi connectivity index (χ3v) is 2.79. The van der Waals surface area contributed by atoms with Crippen molar-refractivity contribution in [3.8, 4) is 0 Å². The van der Waals surface area contributed by atoms with Gasteiger partial charge in [-0.05, 0) is 11.8 Å². The van der Waals surface area contributed by atoms with Crippen molar-refractivity contribution in [1.29, 1.82) is 0 Å². The fourth-order valence-corrected chi connectivity index (χ4v) is 1.51. The lowest BCUT2D eigenvalue weighted by Crippen LogP contribution is -1.92. The van der Waals surface area contributed by atoms with Crippen molar-refractivity contribution in [2.75, 3.05) is 0 Å². The summed E-state index contributed by atoms with van der Waals surface area (Å²) in [5.41, 5.74) is 0.376. The van der Waals surface area contributed by atoms with Crippen molar-refractivity contribution in [2.24, 2.45) is 5.41 Å². The van der Waals surface area contributed by atoms with Gasteiger partial charge in [-0.1, -0.05) is 32.9 Å². The monoisotopic (exact) mass is 180 g/mol. The average molecular weight is 180 g/mol. The number of nitrogens with zero attached hydrogens (tertiary/aromatic N) is 2. The Morgan fingerprint density at radius 2 is 2.08 bits per heavy atom. The highest BCUT2D eigenvalue weighted by Crippen LogP contribution is 2.58. The van der Waals surface area contributed by atoms with Gasteiger partial charge >= 0.3 is 0 Å². The van der Waals surface area contributed by atoms with Gasteiger partial charge < -0.3 is 4.52 Å². The largest absolute Gasteiger partial charge is 0.339 e. The van der Waals surface area contributed by atoms with Crippen molar-refractivity contribution >= 4 is 0 Å². The quantitative estimate of drug-likeness (QED) is 0.702. The predicted molar refractivity (Wildman–Crippen MR) is 49.5 cm³/mol. The molecule has 1 atom stereocenters. The highest BCUT2D eigenvalue weighted by atomic mass is 16.5. The Morgan fingerprint density at radius 3 is 2.46 bits per heavy atom. The molecule has 1 unspecified atom stereocenters. The van der Waals surface area contributed by atoms with Crippen molar-refractivity contribution in [3.63, 3.8) is 0 Å². The summed E-state index contributed by atoms with van der Waals surface area (Å²) < 4.78 is 5.22. The van der Waals surface area contributed by atoms with Crippen LogP contribution in [0.15, 0.2) is 4.52 Å². The second kappa shape index (κ2) is 2.56. The minimum Gasteiger partial charge on any atom is -0.339 e. The van der Waals surface area contributed by atoms with Gasteiger partial charge in [-0.2, -0.15) is 4.98 Å². The smallest absolute Gasteiger partial charge is 0.230 e. The van der Waals surface area contributed by atoms with Crippen molar-refractivity contribution in [2.45, 2.75) is 46.0 Å². The van der Waals surface area contributed by atoms with Gasteiger partial charge in [-0.15, -0.1) is 0 Å². The fourth-order valence-electron chi connectivity index (χ4n) is 1.51. The zero-order valence-electron chi connectivity index (χ0n) is 8.66. The molecule has 2 rings (SSSR count). The normalized spacial score (nSPS) is 25.2. The van der Waals surface area contributed by atoms with E-state index in [0.717, 1.165) is 11.7 Å². The third kappa shape index (κ3) is 1.47. The second-order valence-electron chi connectivity index (χ2n) is 4.89. The third-order valence-electron chi connectivity index (χ3n) is 2.79. The summed E-state index contributed by atoms with van der Waals surface area (Å²) in [6.45, 7) is 8.62. The van der Waals surface area contributed by atoms with Gasteiger partial charge in [0.1, 0.15) is 0 Å². The lowest BCUT2D eigenvalue weighted by atomic mass is 10.1. The van der Waals surface area contributed by atoms with Gasteiger partial charge in [0.15, 0.2) is 5.82 Å². The lowest BCUT2D eigenvalue weighted by molar-refractivity contribution is 0.361. The first kappa shape index (κ1) is 8.73. The van der Waals surface area contributed by atoms with Gasteiger partial charge in [-0.25, -0.2) is 0 Å². The summed E-state index contributed by atoms with van der Waals surface area (Å²) in [6.07, 6.45) is 1.17. The Kier molecular flexibility index (Phi) is 1.72. The second-order valence-corrected chi connectivity index (χ2v) is 4.89. The zero-order valence-corrected chi connectivity index (χ0v) is 8.66. The Labute approximate surface area is 78.5 Å². The van der Waals surface area contributed by atoms with Crippen LogP contribution in [0, 0.1) is 5.41 Å². The van der Waals surface area contributed by atoms with Crippen LogP contribution in [-0.4, -0.2) is 10.1 Å². The molecule has 1 heterocycles. The van der Waals surface area contributed by atoms with E-state index in [1.54, 1.807) is 0 Å². The van der Waals surface area contributed by atoms with E-state index in [9.17, 15) is 0 Å². The molecular weight excluding hydrogens is 164 g/mol. The molecule has 1 fully saturated rings. The highest BCUT2D eigenvalue weighted by molar-refractivity contribution is 5.13. The Morgan fingerprint density at radius 1 is 1.46 bits per heavy atom. The van der Waals surface area contributed by atoms with E-state index >= 15 is 0 Å². The van der Waals surface area contributed by atoms with Crippen LogP contribution >= 0.6 is 0 Å². The summed E-state index contributed by atoms with van der Waals surface area (Å²) in [6, 6.07) is 0. The molecule has 72 valence electrons. The molecule has 3 heteroatoms. The standard InChI is InChI=1S/C10H16N2O/c1-6(2)8-11-9(13-12-8)7-5-10(7,3)4/h6-7H,5H2,1-4H3. The maximum atomic E-state index is 5.22. The Hall–Kier alpha value is -0.860. The van der Waals surface area contributed by atoms with Crippen molar-refractivity contribution < 1.29 is 4.52 Å². The summed E-state index contributed by atoms with van der Waals surface area (Å²) in [7, 11) is 0. The maximum Gasteiger partial charge on any atom is 0.230 e. The number of rotatable bonds is 2. The molecule has 1 aromatic heterocycles. The minimum absolute atomic E-state index is 0.361. The number of aromatic nitrogens is 2. The summed E-state index contributed by atoms with van der Waals surface area (Å²) in [5.74, 6) is 2.51. The molecule has 1 aromatic rings. The molecule has 0 radical (unpaired) electrons. The van der Waals surface area contributed by atoms with E-state index in [-0.39, 0.29) is 0 Å². The van der Waals surface area contributed by atoms with Crippen LogP contribution in [0.3, 0.4) is 0 Å². The topological polar surface area (TPSA) is 38.9 Å². The van der Waals surface area contributed by atoms with Crippen molar-refractivity contribution in [3.05, 3.63) is 11.7 Å². The summed E-state index contributed by atoms with van der Waals surface area (Å²) >= 11 is 0. The molecule has 0 saturated heterocycles. The Balaban J connectivity index is 2.16. The van der Waals surface area contributed by atoms with E-state index in [2.05, 4.69) is 37.8 Å². The molecule has 13 heavy (non-hydrogen) atoms. The molecule has 0 amide bonds. The van der Waals surface area contributed by atoms with Crippen LogP contribution in [0.5, 0.6) is 0 Å². The van der Waals surface area contributed by atoms with E-state index < -0.39 is 0 Å². The first-order valence-electron chi connectivity index (χ1n) is 4.84. The highest BCUT2D eigenvalue weighted by Gasteiger charge is 2.50.